The lowest BCUT2D eigenvalue weighted by atomic mass is 9.75. The Hall–Kier alpha value is -2.37. The van der Waals surface area contributed by atoms with E-state index in [-0.39, 0.29) is 18.6 Å². The second-order valence-corrected chi connectivity index (χ2v) is 2.96. The predicted molar refractivity (Wildman–Crippen MR) is 48.3 cm³/mol. The van der Waals surface area contributed by atoms with Gasteiger partial charge in [-0.05, 0) is 0 Å². The van der Waals surface area contributed by atoms with Crippen molar-refractivity contribution in [3.05, 3.63) is 0 Å². The van der Waals surface area contributed by atoms with Crippen molar-refractivity contribution < 1.29 is 4.79 Å². The molecule has 74 valence electrons. The molecule has 0 heterocycles. The van der Waals surface area contributed by atoms with Crippen molar-refractivity contribution >= 4 is 5.78 Å². The molecule has 0 aliphatic rings. The molecular formula is C10H8N4O. The highest BCUT2D eigenvalue weighted by Crippen LogP contribution is 2.30. The molecule has 5 heteroatoms. The Bertz CT molecular complexity index is 385. The number of rotatable bonds is 4. The third-order valence-corrected chi connectivity index (χ3v) is 2.02. The first-order valence-corrected chi connectivity index (χ1v) is 4.23. The molecule has 0 radical (unpaired) electrons. The summed E-state index contributed by atoms with van der Waals surface area (Å²) in [5.74, 6) is -1.71. The van der Waals surface area contributed by atoms with E-state index >= 15 is 0 Å². The van der Waals surface area contributed by atoms with E-state index in [2.05, 4.69) is 0 Å². The highest BCUT2D eigenvalue weighted by Gasteiger charge is 2.42. The van der Waals surface area contributed by atoms with Gasteiger partial charge in [0.2, 0.25) is 0 Å². The quantitative estimate of drug-likeness (QED) is 0.673. The first kappa shape index (κ1) is 12.6. The Morgan fingerprint density at radius 1 is 1.20 bits per heavy atom. The lowest BCUT2D eigenvalue weighted by Gasteiger charge is -2.17. The highest BCUT2D eigenvalue weighted by atomic mass is 16.1. The van der Waals surface area contributed by atoms with Gasteiger partial charge in [-0.25, -0.2) is 0 Å². The van der Waals surface area contributed by atoms with Gasteiger partial charge >= 0.3 is 0 Å². The smallest absolute Gasteiger partial charge is 0.179 e. The molecule has 0 fully saturated rings. The monoisotopic (exact) mass is 200 g/mol. The minimum atomic E-state index is -1.84. The second kappa shape index (κ2) is 5.38. The van der Waals surface area contributed by atoms with Gasteiger partial charge in [0.1, 0.15) is 5.78 Å². The van der Waals surface area contributed by atoms with Gasteiger partial charge in [-0.1, -0.05) is 6.92 Å². The van der Waals surface area contributed by atoms with Crippen LogP contribution in [-0.2, 0) is 4.79 Å². The summed E-state index contributed by atoms with van der Waals surface area (Å²) in [5.41, 5.74) is -1.84. The lowest BCUT2D eigenvalue weighted by Crippen LogP contribution is -2.28. The van der Waals surface area contributed by atoms with Crippen molar-refractivity contribution in [1.29, 1.82) is 21.0 Å². The number of Topliss-reactive ketones (excluding diaryl/α,β-unsaturated/α-hetero) is 1. The standard InChI is InChI=1S/C10H8N4O/c1-2-9(15)3-10(6-13,7-14)8(4-11)5-12/h8H,2-3H2,1H3. The molecule has 0 spiro atoms. The summed E-state index contributed by atoms with van der Waals surface area (Å²) in [6, 6.07) is 6.34. The van der Waals surface area contributed by atoms with E-state index in [0.29, 0.717) is 0 Å². The Kier molecular flexibility index (Phi) is 4.53. The van der Waals surface area contributed by atoms with Crippen molar-refractivity contribution in [3.63, 3.8) is 0 Å². The summed E-state index contributed by atoms with van der Waals surface area (Å²) in [6.45, 7) is 1.59. The molecule has 0 rings (SSSR count). The number of ketones is 1. The van der Waals surface area contributed by atoms with Crippen LogP contribution in [0.15, 0.2) is 0 Å². The van der Waals surface area contributed by atoms with Crippen LogP contribution in [0.2, 0.25) is 0 Å². The van der Waals surface area contributed by atoms with E-state index in [1.54, 1.807) is 31.2 Å². The Balaban J connectivity index is 5.22. The molecule has 0 saturated heterocycles. The summed E-state index contributed by atoms with van der Waals surface area (Å²) in [7, 11) is 0. The van der Waals surface area contributed by atoms with E-state index in [0.717, 1.165) is 0 Å². The molecule has 0 bridgehead atoms. The van der Waals surface area contributed by atoms with Crippen LogP contribution in [0.4, 0.5) is 0 Å². The van der Waals surface area contributed by atoms with Crippen molar-refractivity contribution in [1.82, 2.24) is 0 Å². The summed E-state index contributed by atoms with van der Waals surface area (Å²) in [6.07, 6.45) is -0.197. The van der Waals surface area contributed by atoms with Gasteiger partial charge in [-0.15, -0.1) is 0 Å². The zero-order chi connectivity index (χ0) is 11.9. The summed E-state index contributed by atoms with van der Waals surface area (Å²) < 4.78 is 0. The van der Waals surface area contributed by atoms with Crippen molar-refractivity contribution in [2.24, 2.45) is 11.3 Å². The SMILES string of the molecule is CCC(=O)CC(C#N)(C#N)C(C#N)C#N. The van der Waals surface area contributed by atoms with Crippen LogP contribution in [0, 0.1) is 56.7 Å². The number of carbonyl (C=O) groups is 1. The van der Waals surface area contributed by atoms with Crippen LogP contribution in [0.3, 0.4) is 0 Å². The third-order valence-electron chi connectivity index (χ3n) is 2.02. The molecule has 0 aliphatic heterocycles. The van der Waals surface area contributed by atoms with Gasteiger partial charge in [0.05, 0.1) is 24.3 Å². The molecular weight excluding hydrogens is 192 g/mol. The predicted octanol–water partition coefficient (Wildman–Crippen LogP) is 1.05. The molecule has 0 aromatic rings. The molecule has 0 N–H and O–H groups in total. The minimum absolute atomic E-state index is 0.175. The zero-order valence-corrected chi connectivity index (χ0v) is 8.19. The number of carbonyl (C=O) groups excluding carboxylic acids is 1. The molecule has 0 unspecified atom stereocenters. The van der Waals surface area contributed by atoms with Crippen LogP contribution in [0.5, 0.6) is 0 Å². The number of hydrogen-bond donors (Lipinski definition) is 0. The maximum absolute atomic E-state index is 11.2. The zero-order valence-electron chi connectivity index (χ0n) is 8.19. The van der Waals surface area contributed by atoms with Crippen LogP contribution in [0.25, 0.3) is 0 Å². The maximum Gasteiger partial charge on any atom is 0.179 e. The average molecular weight is 200 g/mol. The van der Waals surface area contributed by atoms with Crippen LogP contribution < -0.4 is 0 Å². The number of nitriles is 4. The molecule has 0 aliphatic carbocycles. The first-order valence-electron chi connectivity index (χ1n) is 4.23. The Morgan fingerprint density at radius 2 is 1.67 bits per heavy atom. The van der Waals surface area contributed by atoms with Crippen LogP contribution in [-0.4, -0.2) is 5.78 Å². The number of nitrogens with zero attached hydrogens (tertiary/aromatic N) is 4. The van der Waals surface area contributed by atoms with E-state index < -0.39 is 11.3 Å². The molecule has 15 heavy (non-hydrogen) atoms. The van der Waals surface area contributed by atoms with Crippen molar-refractivity contribution in [3.8, 4) is 24.3 Å². The van der Waals surface area contributed by atoms with Gasteiger partial charge in [0, 0.05) is 12.8 Å². The minimum Gasteiger partial charge on any atom is -0.300 e. The summed E-state index contributed by atoms with van der Waals surface area (Å²) in [5, 5.41) is 34.9. The summed E-state index contributed by atoms with van der Waals surface area (Å²) >= 11 is 0. The molecule has 0 aromatic carbocycles. The normalized spacial score (nSPS) is 9.47. The fourth-order valence-electron chi connectivity index (χ4n) is 1.02. The maximum atomic E-state index is 11.2. The second-order valence-electron chi connectivity index (χ2n) is 2.96. The lowest BCUT2D eigenvalue weighted by molar-refractivity contribution is -0.120. The first-order chi connectivity index (χ1) is 7.10. The average Bonchev–Trinajstić information content (AvgIpc) is 2.28. The molecule has 0 saturated carbocycles. The Labute approximate surface area is 87.8 Å². The van der Waals surface area contributed by atoms with Gasteiger partial charge in [0.15, 0.2) is 11.3 Å². The fourth-order valence-corrected chi connectivity index (χ4v) is 1.02. The van der Waals surface area contributed by atoms with Crippen molar-refractivity contribution in [2.45, 2.75) is 19.8 Å². The fraction of sp³-hybridized carbons (Fsp3) is 0.500. The largest absolute Gasteiger partial charge is 0.300 e. The van der Waals surface area contributed by atoms with E-state index in [4.69, 9.17) is 21.0 Å². The van der Waals surface area contributed by atoms with E-state index in [9.17, 15) is 4.79 Å². The summed E-state index contributed by atoms with van der Waals surface area (Å²) in [4.78, 5) is 11.2. The van der Waals surface area contributed by atoms with Gasteiger partial charge < -0.3 is 0 Å². The third kappa shape index (κ3) is 2.53. The van der Waals surface area contributed by atoms with E-state index in [1.165, 1.54) is 0 Å². The topological polar surface area (TPSA) is 112 Å². The van der Waals surface area contributed by atoms with Crippen molar-refractivity contribution in [2.75, 3.05) is 0 Å². The van der Waals surface area contributed by atoms with Gasteiger partial charge in [-0.2, -0.15) is 21.0 Å². The molecule has 5 nitrogen and oxygen atoms in total. The van der Waals surface area contributed by atoms with Crippen LogP contribution >= 0.6 is 0 Å². The van der Waals surface area contributed by atoms with E-state index in [1.807, 2.05) is 0 Å². The molecule has 0 aromatic heterocycles. The van der Waals surface area contributed by atoms with Crippen LogP contribution in [0.1, 0.15) is 19.8 Å². The van der Waals surface area contributed by atoms with Gasteiger partial charge in [0.25, 0.3) is 0 Å². The van der Waals surface area contributed by atoms with Gasteiger partial charge in [-0.3, -0.25) is 4.79 Å². The Morgan fingerprint density at radius 3 is 1.93 bits per heavy atom. The highest BCUT2D eigenvalue weighted by molar-refractivity contribution is 5.80. The molecule has 0 atom stereocenters. The number of hydrogen-bond acceptors (Lipinski definition) is 5. The molecule has 0 amide bonds.